The summed E-state index contributed by atoms with van der Waals surface area (Å²) >= 11 is 4.17. The van der Waals surface area contributed by atoms with Gasteiger partial charge in [-0.25, -0.2) is 4.79 Å². The Balaban J connectivity index is 1.56. The van der Waals surface area contributed by atoms with Gasteiger partial charge in [0, 0.05) is 50.8 Å². The van der Waals surface area contributed by atoms with Crippen molar-refractivity contribution in [2.24, 2.45) is 35.1 Å². The van der Waals surface area contributed by atoms with E-state index in [4.69, 9.17) is 11.5 Å². The fraction of sp³-hybridized carbons (Fsp3) is 0.562. The number of benzene rings is 3. The molecule has 0 aromatic heterocycles. The molecule has 1 saturated heterocycles. The maximum atomic E-state index is 14.7. The SMILES string of the molecule is CC[C@H](C)[C@H](NC(=O)[C@@H](NC(=O)[C@@H](N)CC(C)C)[C@@H](C)O)C(=O)N[C@@H](CO)C(=O)NCC(=O)N[C@@H](CC(C)C)C(=O)N[C@@H](CCC(=O)O)C(=O)N1CCC[C@H]1C(=O)N[C@@H](CCC(=O)O)C(=O)N[C@@H](CC(=O)O)C(=O)N[C@@H](Cc1ccccc1)C(=O)N[C@@H](C)C(=O)N[C@H](C(=O)N[C@@H](Cc1ccc(O)cc1)C(=O)N[C@@H](Cc1ccc(O)cc1)C(=O)N[C@@H](CS)C(=O)N[C@@H](CCC(N)=O)C(=O)O)C(C)C. The Morgan fingerprint density at radius 2 is 0.854 bits per heavy atom. The Morgan fingerprint density at radius 3 is 1.34 bits per heavy atom. The Kier molecular flexibility index (Phi) is 48.4. The molecule has 1 aliphatic heterocycles. The number of thiol groups is 1. The molecule has 4 rings (SSSR count). The first kappa shape index (κ1) is 116. The third kappa shape index (κ3) is 40.1. The van der Waals surface area contributed by atoms with Gasteiger partial charge in [0.25, 0.3) is 0 Å². The number of hydrogen-bond acceptors (Lipinski definition) is 27. The first-order chi connectivity index (χ1) is 64.4. The molecule has 1 fully saturated rings. The molecule has 137 heavy (non-hydrogen) atoms. The minimum atomic E-state index is -2.16. The summed E-state index contributed by atoms with van der Waals surface area (Å²) in [5.74, 6) is -27.0. The number of aliphatic hydroxyl groups is 2. The van der Waals surface area contributed by atoms with Crippen LogP contribution in [-0.2, 0) is 120 Å². The fourth-order valence-corrected chi connectivity index (χ4v) is 14.4. The van der Waals surface area contributed by atoms with E-state index in [9.17, 15) is 142 Å². The van der Waals surface area contributed by atoms with Crippen LogP contribution < -0.4 is 91.2 Å². The van der Waals surface area contributed by atoms with Gasteiger partial charge in [-0.3, -0.25) is 95.9 Å². The molecule has 756 valence electrons. The number of carbonyl (C=O) groups excluding carboxylic acids is 17. The number of rotatable bonds is 59. The highest BCUT2D eigenvalue weighted by atomic mass is 32.1. The summed E-state index contributed by atoms with van der Waals surface area (Å²) in [5.41, 5.74) is 12.2. The van der Waals surface area contributed by atoms with E-state index < -0.39 is 315 Å². The zero-order valence-electron chi connectivity index (χ0n) is 77.8. The number of aliphatic hydroxyl groups excluding tert-OH is 2. The molecular weight excluding hydrogens is 1820 g/mol. The molecule has 0 saturated carbocycles. The van der Waals surface area contributed by atoms with Crippen molar-refractivity contribution in [2.45, 2.75) is 268 Å². The monoisotopic (exact) mass is 1950 g/mol. The lowest BCUT2D eigenvalue weighted by Gasteiger charge is -2.31. The molecule has 0 spiro atoms. The van der Waals surface area contributed by atoms with E-state index in [1.807, 2.05) is 13.8 Å². The third-order valence-electron chi connectivity index (χ3n) is 21.9. The van der Waals surface area contributed by atoms with Crippen LogP contribution in [0.2, 0.25) is 0 Å². The van der Waals surface area contributed by atoms with Gasteiger partial charge in [0.15, 0.2) is 0 Å². The van der Waals surface area contributed by atoms with Crippen LogP contribution in [0.1, 0.15) is 163 Å². The number of phenols is 2. The fourth-order valence-electron chi connectivity index (χ4n) is 14.2. The highest BCUT2D eigenvalue weighted by Crippen LogP contribution is 2.23. The first-order valence-corrected chi connectivity index (χ1v) is 45.2. The van der Waals surface area contributed by atoms with Crippen molar-refractivity contribution in [3.8, 4) is 11.5 Å². The number of nitrogens with zero attached hydrogens (tertiary/aromatic N) is 1. The van der Waals surface area contributed by atoms with Gasteiger partial charge in [-0.1, -0.05) is 116 Å². The third-order valence-corrected chi connectivity index (χ3v) is 22.3. The lowest BCUT2D eigenvalue weighted by molar-refractivity contribution is -0.144. The Morgan fingerprint density at radius 1 is 0.431 bits per heavy atom. The molecule has 0 unspecified atom stereocenters. The number of aliphatic carboxylic acids is 4. The van der Waals surface area contributed by atoms with Crippen molar-refractivity contribution >= 4 is 137 Å². The van der Waals surface area contributed by atoms with E-state index in [0.717, 1.165) is 4.90 Å². The van der Waals surface area contributed by atoms with E-state index in [2.05, 4.69) is 92.4 Å². The minimum absolute atomic E-state index is 0.00228. The summed E-state index contributed by atoms with van der Waals surface area (Å²) in [5, 5.41) is 117. The van der Waals surface area contributed by atoms with Crippen LogP contribution in [0.3, 0.4) is 0 Å². The summed E-state index contributed by atoms with van der Waals surface area (Å²) in [6.07, 6.45) is -7.44. The van der Waals surface area contributed by atoms with Crippen molar-refractivity contribution in [2.75, 3.05) is 25.4 Å². The maximum absolute atomic E-state index is 14.7. The van der Waals surface area contributed by atoms with Gasteiger partial charge in [0.05, 0.1) is 31.7 Å². The second-order valence-corrected chi connectivity index (χ2v) is 35.0. The number of nitrogens with two attached hydrogens (primary N) is 2. The normalized spacial score (nSPS) is 16.0. The number of carboxylic acids is 4. The number of carboxylic acid groups (broad SMARTS) is 4. The summed E-state index contributed by atoms with van der Waals surface area (Å²) in [6, 6.07) is -7.63. The standard InChI is InChI=1S/C89H130N18O29S/c1-11-46(8)72(105-87(133)73(48(10)109)106-75(121)54(90)34-43(2)3)86(132)102-63(41-108)76(122)92-40-67(113)94-58(35-44(4)5)79(125)96-56(29-32-69(116)117)88(134)107-33-15-18-65(107)84(130)95-55(28-31-68(114)115)77(123)100-62(39-70(118)119)82(128)98-59(36-49-16-13-12-14-17-49)78(124)93-47(9)74(120)104-71(45(6)7)85(131)101-61(38-51-21-25-53(111)26-22-51)80(126)99-60(37-50-19-23-52(110)24-20-50)81(127)103-64(42-137)83(129)97-57(89(135)136)27-30-66(91)112/h12-14,16-17,19-26,43-48,54-65,71-73,108-111,137H,11,15,18,27-42,90H2,1-10H3,(H2,91,112)(H,92,122)(H,93,124)(H,94,113)(H,95,130)(H,96,125)(H,97,129)(H,98,128)(H,99,126)(H,100,123)(H,101,131)(H,102,132)(H,103,127)(H,104,120)(H,105,133)(H,106,121)(H,114,115)(H,116,117)(H,118,119)(H,135,136)/t46-,47-,48+,54-,55-,56-,57-,58-,59-,60-,61-,62-,63-,64-,65-,71-,72-,73-/m0/s1. The predicted octanol–water partition coefficient (Wildman–Crippen LogP) is -4.98. The largest absolute Gasteiger partial charge is 0.508 e. The van der Waals surface area contributed by atoms with Gasteiger partial charge in [-0.05, 0) is 123 Å². The lowest BCUT2D eigenvalue weighted by Crippen LogP contribution is -2.62. The van der Waals surface area contributed by atoms with Crippen LogP contribution in [0.15, 0.2) is 78.9 Å². The van der Waals surface area contributed by atoms with Crippen molar-refractivity contribution in [1.82, 2.24) is 84.7 Å². The summed E-state index contributed by atoms with van der Waals surface area (Å²) < 4.78 is 0. The molecule has 0 aliphatic carbocycles. The van der Waals surface area contributed by atoms with Crippen LogP contribution in [-0.4, -0.2) is 298 Å². The van der Waals surface area contributed by atoms with Crippen molar-refractivity contribution in [3.05, 3.63) is 95.6 Å². The van der Waals surface area contributed by atoms with Crippen molar-refractivity contribution < 1.29 is 142 Å². The van der Waals surface area contributed by atoms with E-state index in [0.29, 0.717) is 16.7 Å². The average Bonchev–Trinajstić information content (AvgIpc) is 1.71. The van der Waals surface area contributed by atoms with E-state index in [-0.39, 0.29) is 68.9 Å². The quantitative estimate of drug-likeness (QED) is 0.0235. The topological polar surface area (TPSA) is 756 Å². The van der Waals surface area contributed by atoms with Crippen molar-refractivity contribution in [1.29, 1.82) is 0 Å². The van der Waals surface area contributed by atoms with Gasteiger partial charge in [0.2, 0.25) is 100 Å². The molecule has 17 amide bonds. The number of carbonyl (C=O) groups is 21. The van der Waals surface area contributed by atoms with Gasteiger partial charge in [-0.2, -0.15) is 12.6 Å². The van der Waals surface area contributed by atoms with E-state index in [1.54, 1.807) is 45.9 Å². The number of amides is 17. The lowest BCUT2D eigenvalue weighted by atomic mass is 9.97. The van der Waals surface area contributed by atoms with Crippen LogP contribution in [0.4, 0.5) is 0 Å². The van der Waals surface area contributed by atoms with Crippen molar-refractivity contribution in [3.63, 3.8) is 0 Å². The van der Waals surface area contributed by atoms with Gasteiger partial charge in [0.1, 0.15) is 102 Å². The summed E-state index contributed by atoms with van der Waals surface area (Å²) in [6.45, 7) is 13.4. The zero-order valence-corrected chi connectivity index (χ0v) is 78.7. The number of phenolic OH excluding ortho intramolecular Hbond substituents is 2. The second kappa shape index (κ2) is 57.3. The van der Waals surface area contributed by atoms with Gasteiger partial charge < -0.3 is 137 Å². The van der Waals surface area contributed by atoms with Gasteiger partial charge >= 0.3 is 23.9 Å². The highest BCUT2D eigenvalue weighted by Gasteiger charge is 2.43. The number of primary amides is 1. The predicted molar refractivity (Wildman–Crippen MR) is 490 cm³/mol. The highest BCUT2D eigenvalue weighted by molar-refractivity contribution is 7.80. The number of nitrogens with one attached hydrogen (secondary N) is 15. The molecule has 3 aromatic carbocycles. The molecular formula is C89H130N18O29S. The number of hydrogen-bond donors (Lipinski definition) is 26. The van der Waals surface area contributed by atoms with Gasteiger partial charge in [-0.15, -0.1) is 0 Å². The molecule has 18 atom stereocenters. The van der Waals surface area contributed by atoms with E-state index >= 15 is 0 Å². The minimum Gasteiger partial charge on any atom is -0.508 e. The van der Waals surface area contributed by atoms with Crippen LogP contribution in [0.25, 0.3) is 0 Å². The zero-order chi connectivity index (χ0) is 103. The molecule has 48 heteroatoms. The molecule has 0 bridgehead atoms. The summed E-state index contributed by atoms with van der Waals surface area (Å²) in [7, 11) is 0. The molecule has 3 aromatic rings. The molecule has 0 radical (unpaired) electrons. The molecule has 1 aliphatic rings. The summed E-state index contributed by atoms with van der Waals surface area (Å²) in [4.78, 5) is 287. The molecule has 1 heterocycles. The Hall–Kier alpha value is -13.6. The number of aromatic hydroxyl groups is 2. The smallest absolute Gasteiger partial charge is 0.326 e. The van der Waals surface area contributed by atoms with E-state index in [1.165, 1.54) is 88.4 Å². The average molecular weight is 1950 g/mol. The first-order valence-electron chi connectivity index (χ1n) is 44.6. The van der Waals surface area contributed by atoms with Crippen LogP contribution in [0, 0.1) is 23.7 Å². The van der Waals surface area contributed by atoms with Crippen LogP contribution in [0.5, 0.6) is 11.5 Å². The van der Waals surface area contributed by atoms with Crippen LogP contribution >= 0.6 is 12.6 Å². The Bertz CT molecular complexity index is 4700. The Labute approximate surface area is 795 Å². The molecule has 47 nitrogen and oxygen atoms in total. The maximum Gasteiger partial charge on any atom is 0.326 e. The number of likely N-dealkylation sites (tertiary alicyclic amines) is 1. The molecule has 27 N–H and O–H groups in total. The second-order valence-electron chi connectivity index (χ2n) is 34.6.